The number of nitrogens with one attached hydrogen (secondary N) is 1. The van der Waals surface area contributed by atoms with E-state index in [1.807, 2.05) is 0 Å². The molecule has 5 nitrogen and oxygen atoms in total. The molecule has 2 aliphatic rings. The zero-order valence-electron chi connectivity index (χ0n) is 14.4. The van der Waals surface area contributed by atoms with Gasteiger partial charge in [0.15, 0.2) is 0 Å². The van der Waals surface area contributed by atoms with Crippen molar-refractivity contribution in [1.82, 2.24) is 20.4 Å². The van der Waals surface area contributed by atoms with E-state index < -0.39 is 0 Å². The van der Waals surface area contributed by atoms with Crippen molar-refractivity contribution in [3.8, 4) is 0 Å². The van der Waals surface area contributed by atoms with Gasteiger partial charge in [-0.05, 0) is 48.4 Å². The first-order valence-corrected chi connectivity index (χ1v) is 9.19. The molecule has 0 bridgehead atoms. The SMILES string of the molecule is O=C(NCc1ccc2c(c1)CCN(C1CCC1)CC2)c1ccnnc1. The highest BCUT2D eigenvalue weighted by molar-refractivity contribution is 5.93. The Morgan fingerprint density at radius 2 is 1.96 bits per heavy atom. The van der Waals surface area contributed by atoms with Crippen LogP contribution in [0.25, 0.3) is 0 Å². The summed E-state index contributed by atoms with van der Waals surface area (Å²) in [5, 5.41) is 10.4. The Morgan fingerprint density at radius 3 is 2.68 bits per heavy atom. The molecule has 1 N–H and O–H groups in total. The standard InChI is InChI=1S/C20H24N4O/c25-20(18-6-9-22-23-14-18)21-13-15-4-5-16-7-10-24(19-2-1-3-19)11-8-17(16)12-15/h4-6,9,12,14,19H,1-3,7-8,10-11,13H2,(H,21,25). The summed E-state index contributed by atoms with van der Waals surface area (Å²) in [6.07, 6.45) is 9.41. The minimum absolute atomic E-state index is 0.110. The smallest absolute Gasteiger partial charge is 0.253 e. The first-order valence-electron chi connectivity index (χ1n) is 9.19. The maximum absolute atomic E-state index is 12.1. The topological polar surface area (TPSA) is 58.1 Å². The number of hydrogen-bond donors (Lipinski definition) is 1. The van der Waals surface area contributed by atoms with Gasteiger partial charge in [0.25, 0.3) is 5.91 Å². The van der Waals surface area contributed by atoms with Crippen molar-refractivity contribution in [3.05, 3.63) is 58.9 Å². The van der Waals surface area contributed by atoms with E-state index in [-0.39, 0.29) is 5.91 Å². The fourth-order valence-corrected chi connectivity index (χ4v) is 3.73. The molecule has 130 valence electrons. The van der Waals surface area contributed by atoms with E-state index in [9.17, 15) is 4.79 Å². The summed E-state index contributed by atoms with van der Waals surface area (Å²) in [6, 6.07) is 9.15. The number of benzene rings is 1. The lowest BCUT2D eigenvalue weighted by atomic mass is 9.91. The van der Waals surface area contributed by atoms with Gasteiger partial charge in [-0.25, -0.2) is 0 Å². The molecule has 2 aromatic rings. The minimum Gasteiger partial charge on any atom is -0.348 e. The van der Waals surface area contributed by atoms with Gasteiger partial charge in [-0.2, -0.15) is 10.2 Å². The molecule has 2 heterocycles. The van der Waals surface area contributed by atoms with Crippen LogP contribution in [0, 0.1) is 0 Å². The molecule has 1 aliphatic heterocycles. The van der Waals surface area contributed by atoms with Gasteiger partial charge < -0.3 is 5.32 Å². The van der Waals surface area contributed by atoms with Crippen LogP contribution in [-0.2, 0) is 19.4 Å². The van der Waals surface area contributed by atoms with Crippen LogP contribution in [0.4, 0.5) is 0 Å². The Hall–Kier alpha value is -2.27. The normalized spacial score (nSPS) is 18.1. The molecule has 4 rings (SSSR count). The molecule has 0 saturated heterocycles. The number of rotatable bonds is 4. The van der Waals surface area contributed by atoms with Crippen molar-refractivity contribution >= 4 is 5.91 Å². The van der Waals surface area contributed by atoms with Crippen molar-refractivity contribution < 1.29 is 4.79 Å². The highest BCUT2D eigenvalue weighted by atomic mass is 16.1. The number of aromatic nitrogens is 2. The molecule has 5 heteroatoms. The average Bonchev–Trinajstić information content (AvgIpc) is 2.81. The molecule has 1 aliphatic carbocycles. The molecule has 1 aromatic heterocycles. The molecule has 0 radical (unpaired) electrons. The molecule has 25 heavy (non-hydrogen) atoms. The van der Waals surface area contributed by atoms with E-state index in [0.717, 1.165) is 31.0 Å². The predicted molar refractivity (Wildman–Crippen MR) is 96.3 cm³/mol. The Balaban J connectivity index is 1.38. The molecule has 1 aromatic carbocycles. The lowest BCUT2D eigenvalue weighted by molar-refractivity contribution is 0.0950. The van der Waals surface area contributed by atoms with E-state index in [4.69, 9.17) is 0 Å². The van der Waals surface area contributed by atoms with E-state index >= 15 is 0 Å². The third kappa shape index (κ3) is 3.71. The molecule has 1 amide bonds. The van der Waals surface area contributed by atoms with Crippen LogP contribution >= 0.6 is 0 Å². The molecule has 0 atom stereocenters. The van der Waals surface area contributed by atoms with Crippen LogP contribution in [-0.4, -0.2) is 40.1 Å². The predicted octanol–water partition coefficient (Wildman–Crippen LogP) is 2.36. The zero-order chi connectivity index (χ0) is 17.1. The van der Waals surface area contributed by atoms with E-state index in [1.54, 1.807) is 6.07 Å². The average molecular weight is 336 g/mol. The van der Waals surface area contributed by atoms with Crippen LogP contribution in [0.1, 0.15) is 46.3 Å². The van der Waals surface area contributed by atoms with Crippen molar-refractivity contribution in [3.63, 3.8) is 0 Å². The van der Waals surface area contributed by atoms with Gasteiger partial charge in [0, 0.05) is 25.7 Å². The molecular formula is C20H24N4O. The first kappa shape index (κ1) is 16.2. The number of fused-ring (bicyclic) bond motifs is 1. The number of hydrogen-bond acceptors (Lipinski definition) is 4. The highest BCUT2D eigenvalue weighted by Crippen LogP contribution is 2.27. The van der Waals surface area contributed by atoms with Gasteiger partial charge in [0.1, 0.15) is 0 Å². The number of amides is 1. The van der Waals surface area contributed by atoms with Crippen LogP contribution in [0.15, 0.2) is 36.7 Å². The lowest BCUT2D eigenvalue weighted by Crippen LogP contribution is -2.41. The monoisotopic (exact) mass is 336 g/mol. The third-order valence-electron chi connectivity index (χ3n) is 5.50. The Bertz CT molecular complexity index is 743. The molecule has 0 unspecified atom stereocenters. The van der Waals surface area contributed by atoms with Gasteiger partial charge in [0.05, 0.1) is 18.0 Å². The Morgan fingerprint density at radius 1 is 1.12 bits per heavy atom. The van der Waals surface area contributed by atoms with Crippen molar-refractivity contribution in [2.45, 2.75) is 44.7 Å². The maximum Gasteiger partial charge on any atom is 0.253 e. The van der Waals surface area contributed by atoms with Gasteiger partial charge in [-0.3, -0.25) is 9.69 Å². The summed E-state index contributed by atoms with van der Waals surface area (Å²) < 4.78 is 0. The van der Waals surface area contributed by atoms with Gasteiger partial charge in [-0.15, -0.1) is 0 Å². The summed E-state index contributed by atoms with van der Waals surface area (Å²) in [6.45, 7) is 2.89. The maximum atomic E-state index is 12.1. The second-order valence-electron chi connectivity index (χ2n) is 7.04. The summed E-state index contributed by atoms with van der Waals surface area (Å²) >= 11 is 0. The second kappa shape index (κ2) is 7.31. The second-order valence-corrected chi connectivity index (χ2v) is 7.04. The number of nitrogens with zero attached hydrogens (tertiary/aromatic N) is 3. The first-order chi connectivity index (χ1) is 12.3. The van der Waals surface area contributed by atoms with E-state index in [1.165, 1.54) is 49.3 Å². The van der Waals surface area contributed by atoms with E-state index in [2.05, 4.69) is 38.6 Å². The van der Waals surface area contributed by atoms with Crippen LogP contribution in [0.2, 0.25) is 0 Å². The summed E-state index contributed by atoms with van der Waals surface area (Å²) in [7, 11) is 0. The fourth-order valence-electron chi connectivity index (χ4n) is 3.73. The van der Waals surface area contributed by atoms with Gasteiger partial charge in [-0.1, -0.05) is 24.6 Å². The van der Waals surface area contributed by atoms with Crippen LogP contribution < -0.4 is 5.32 Å². The Kier molecular flexibility index (Phi) is 4.74. The molecule has 1 saturated carbocycles. The number of carbonyl (C=O) groups is 1. The Labute approximate surface area is 148 Å². The molecule has 0 spiro atoms. The van der Waals surface area contributed by atoms with Crippen LogP contribution in [0.3, 0.4) is 0 Å². The third-order valence-corrected chi connectivity index (χ3v) is 5.50. The number of carbonyl (C=O) groups excluding carboxylic acids is 1. The van der Waals surface area contributed by atoms with Gasteiger partial charge in [0.2, 0.25) is 0 Å². The van der Waals surface area contributed by atoms with Crippen molar-refractivity contribution in [2.24, 2.45) is 0 Å². The quantitative estimate of drug-likeness (QED) is 0.931. The molecular weight excluding hydrogens is 312 g/mol. The fraction of sp³-hybridized carbons (Fsp3) is 0.450. The van der Waals surface area contributed by atoms with Crippen molar-refractivity contribution in [1.29, 1.82) is 0 Å². The van der Waals surface area contributed by atoms with Crippen LogP contribution in [0.5, 0.6) is 0 Å². The minimum atomic E-state index is -0.110. The zero-order valence-corrected chi connectivity index (χ0v) is 14.4. The van der Waals surface area contributed by atoms with Gasteiger partial charge >= 0.3 is 0 Å². The summed E-state index contributed by atoms with van der Waals surface area (Å²) in [5.74, 6) is -0.110. The van der Waals surface area contributed by atoms with E-state index in [0.29, 0.717) is 12.1 Å². The summed E-state index contributed by atoms with van der Waals surface area (Å²) in [5.41, 5.74) is 4.61. The summed E-state index contributed by atoms with van der Waals surface area (Å²) in [4.78, 5) is 14.8. The molecule has 1 fully saturated rings. The van der Waals surface area contributed by atoms with Crippen molar-refractivity contribution in [2.75, 3.05) is 13.1 Å². The largest absolute Gasteiger partial charge is 0.348 e. The highest BCUT2D eigenvalue weighted by Gasteiger charge is 2.26. The lowest BCUT2D eigenvalue weighted by Gasteiger charge is -2.36.